The predicted octanol–water partition coefficient (Wildman–Crippen LogP) is 13.6. The minimum absolute atomic E-state index is 0.594. The Bertz CT molecular complexity index is 3270. The first-order valence-corrected chi connectivity index (χ1v) is 18.5. The predicted molar refractivity (Wildman–Crippen MR) is 227 cm³/mol. The van der Waals surface area contributed by atoms with Gasteiger partial charge in [-0.3, -0.25) is 0 Å². The summed E-state index contributed by atoms with van der Waals surface area (Å²) in [6.45, 7) is 0. The number of para-hydroxylation sites is 1. The van der Waals surface area contributed by atoms with Crippen molar-refractivity contribution < 1.29 is 4.42 Å². The average molecular weight is 702 g/mol. The van der Waals surface area contributed by atoms with E-state index in [1.165, 1.54) is 32.3 Å². The lowest BCUT2D eigenvalue weighted by Crippen LogP contribution is -2.00. The molecule has 2 heterocycles. The summed E-state index contributed by atoms with van der Waals surface area (Å²) in [5, 5.41) is 9.48. The lowest BCUT2D eigenvalue weighted by atomic mass is 9.92. The molecule has 256 valence electrons. The van der Waals surface area contributed by atoms with Gasteiger partial charge in [-0.05, 0) is 78.8 Å². The molecule has 0 atom stereocenters. The molecule has 0 bridgehead atoms. The number of hydrogen-bond acceptors (Lipinski definition) is 4. The van der Waals surface area contributed by atoms with E-state index in [-0.39, 0.29) is 0 Å². The van der Waals surface area contributed by atoms with Gasteiger partial charge in [-0.25, -0.2) is 15.0 Å². The molecule has 0 amide bonds. The molecule has 0 saturated carbocycles. The van der Waals surface area contributed by atoms with Crippen LogP contribution in [0.25, 0.3) is 111 Å². The summed E-state index contributed by atoms with van der Waals surface area (Å²) < 4.78 is 6.29. The maximum atomic E-state index is 6.29. The molecule has 9 aromatic carbocycles. The molecule has 0 spiro atoms. The molecule has 0 aliphatic rings. The smallest absolute Gasteiger partial charge is 0.164 e. The molecule has 0 fully saturated rings. The van der Waals surface area contributed by atoms with Crippen molar-refractivity contribution in [2.75, 3.05) is 0 Å². The molecule has 0 aliphatic heterocycles. The Hall–Kier alpha value is -7.43. The van der Waals surface area contributed by atoms with Crippen LogP contribution in [-0.4, -0.2) is 15.0 Å². The third-order valence-electron chi connectivity index (χ3n) is 10.7. The molecule has 0 unspecified atom stereocenters. The second-order valence-corrected chi connectivity index (χ2v) is 14.0. The van der Waals surface area contributed by atoms with E-state index in [0.29, 0.717) is 17.5 Å². The van der Waals surface area contributed by atoms with Crippen LogP contribution in [0, 0.1) is 0 Å². The highest BCUT2D eigenvalue weighted by Crippen LogP contribution is 2.39. The van der Waals surface area contributed by atoms with Crippen LogP contribution in [-0.2, 0) is 0 Å². The number of benzene rings is 9. The zero-order chi connectivity index (χ0) is 36.3. The number of rotatable bonds is 5. The summed E-state index contributed by atoms with van der Waals surface area (Å²) >= 11 is 0. The van der Waals surface area contributed by atoms with Gasteiger partial charge in [0.1, 0.15) is 11.2 Å². The Labute approximate surface area is 317 Å². The van der Waals surface area contributed by atoms with E-state index in [1.54, 1.807) is 0 Å². The Kier molecular flexibility index (Phi) is 7.14. The van der Waals surface area contributed by atoms with Crippen LogP contribution < -0.4 is 0 Å². The third kappa shape index (κ3) is 5.26. The zero-order valence-corrected chi connectivity index (χ0v) is 29.6. The van der Waals surface area contributed by atoms with Gasteiger partial charge < -0.3 is 4.42 Å². The molecule has 4 nitrogen and oxygen atoms in total. The molecule has 2 aromatic heterocycles. The lowest BCUT2D eigenvalue weighted by Gasteiger charge is -2.13. The monoisotopic (exact) mass is 701 g/mol. The van der Waals surface area contributed by atoms with Gasteiger partial charge >= 0.3 is 0 Å². The quantitative estimate of drug-likeness (QED) is 0.168. The minimum atomic E-state index is 0.594. The normalized spacial score (nSPS) is 11.6. The van der Waals surface area contributed by atoms with Crippen molar-refractivity contribution in [3.05, 3.63) is 188 Å². The van der Waals surface area contributed by atoms with Crippen LogP contribution >= 0.6 is 0 Å². The molecule has 0 aliphatic carbocycles. The van der Waals surface area contributed by atoms with Crippen LogP contribution in [0.1, 0.15) is 0 Å². The van der Waals surface area contributed by atoms with E-state index in [4.69, 9.17) is 19.4 Å². The number of aromatic nitrogens is 3. The molecule has 11 rings (SSSR count). The van der Waals surface area contributed by atoms with Gasteiger partial charge in [0.15, 0.2) is 17.5 Å². The topological polar surface area (TPSA) is 51.8 Å². The Balaban J connectivity index is 1.10. The molecule has 0 radical (unpaired) electrons. The van der Waals surface area contributed by atoms with Gasteiger partial charge in [-0.1, -0.05) is 164 Å². The highest BCUT2D eigenvalue weighted by Gasteiger charge is 2.19. The van der Waals surface area contributed by atoms with Crippen molar-refractivity contribution in [1.82, 2.24) is 15.0 Å². The zero-order valence-electron chi connectivity index (χ0n) is 29.6. The van der Waals surface area contributed by atoms with Crippen LogP contribution in [0.5, 0.6) is 0 Å². The summed E-state index contributed by atoms with van der Waals surface area (Å²) in [5.41, 5.74) is 8.85. The maximum absolute atomic E-state index is 6.29. The van der Waals surface area contributed by atoms with E-state index in [0.717, 1.165) is 60.9 Å². The van der Waals surface area contributed by atoms with Crippen LogP contribution in [0.15, 0.2) is 192 Å². The van der Waals surface area contributed by atoms with Gasteiger partial charge in [0.2, 0.25) is 0 Å². The highest BCUT2D eigenvalue weighted by molar-refractivity contribution is 6.19. The summed E-state index contributed by atoms with van der Waals surface area (Å²) in [6.07, 6.45) is 0. The summed E-state index contributed by atoms with van der Waals surface area (Å²) in [7, 11) is 0. The fourth-order valence-electron chi connectivity index (χ4n) is 8.12. The summed E-state index contributed by atoms with van der Waals surface area (Å²) in [4.78, 5) is 15.6. The number of fused-ring (bicyclic) bond motifs is 8. The Morgan fingerprint density at radius 3 is 1.67 bits per heavy atom. The van der Waals surface area contributed by atoms with Crippen molar-refractivity contribution in [2.24, 2.45) is 0 Å². The molecular weight excluding hydrogens is 671 g/mol. The average Bonchev–Trinajstić information content (AvgIpc) is 3.65. The fourth-order valence-corrected chi connectivity index (χ4v) is 8.12. The minimum Gasteiger partial charge on any atom is -0.456 e. The van der Waals surface area contributed by atoms with E-state index < -0.39 is 0 Å². The van der Waals surface area contributed by atoms with Crippen LogP contribution in [0.3, 0.4) is 0 Å². The van der Waals surface area contributed by atoms with Gasteiger partial charge in [0, 0.05) is 27.5 Å². The fraction of sp³-hybridized carbons (Fsp3) is 0. The van der Waals surface area contributed by atoms with Crippen molar-refractivity contribution in [3.8, 4) is 56.4 Å². The molecular formula is C51H31N3O. The molecule has 0 N–H and O–H groups in total. The van der Waals surface area contributed by atoms with Gasteiger partial charge in [-0.15, -0.1) is 0 Å². The lowest BCUT2D eigenvalue weighted by molar-refractivity contribution is 0.669. The molecule has 4 heteroatoms. The third-order valence-corrected chi connectivity index (χ3v) is 10.7. The number of furan rings is 1. The molecule has 11 aromatic rings. The maximum Gasteiger partial charge on any atom is 0.164 e. The summed E-state index contributed by atoms with van der Waals surface area (Å²) in [6, 6.07) is 65.8. The first-order valence-electron chi connectivity index (χ1n) is 18.5. The van der Waals surface area contributed by atoms with E-state index >= 15 is 0 Å². The van der Waals surface area contributed by atoms with Crippen molar-refractivity contribution >= 4 is 54.3 Å². The second kappa shape index (κ2) is 12.6. The SMILES string of the molecule is c1ccc(-c2cccc(-c3nc(-c4cccc(-c5cccc6c5ccc5c7ccccc7ccc65)c4)nc(-c4cccc5oc6ccccc6c45)n3)c2)cc1. The summed E-state index contributed by atoms with van der Waals surface area (Å²) in [5.74, 6) is 1.81. The van der Waals surface area contributed by atoms with Crippen molar-refractivity contribution in [1.29, 1.82) is 0 Å². The Morgan fingerprint density at radius 2 is 0.818 bits per heavy atom. The van der Waals surface area contributed by atoms with E-state index in [1.807, 2.05) is 36.4 Å². The van der Waals surface area contributed by atoms with E-state index in [9.17, 15) is 0 Å². The first-order chi connectivity index (χ1) is 27.2. The molecule has 55 heavy (non-hydrogen) atoms. The van der Waals surface area contributed by atoms with Gasteiger partial charge in [-0.2, -0.15) is 0 Å². The van der Waals surface area contributed by atoms with Gasteiger partial charge in [0.05, 0.1) is 0 Å². The number of hydrogen-bond donors (Lipinski definition) is 0. The largest absolute Gasteiger partial charge is 0.456 e. The first kappa shape index (κ1) is 31.1. The Morgan fingerprint density at radius 1 is 0.291 bits per heavy atom. The van der Waals surface area contributed by atoms with Crippen molar-refractivity contribution in [3.63, 3.8) is 0 Å². The standard InChI is InChI=1S/C51H31N3O/c1-2-12-32(13-3-1)34-15-8-17-36(30-34)49-52-50(54-51(53-49)45-23-11-25-47-48(45)44-20-6-7-24-46(44)55-47)37-18-9-16-35(31-37)39-21-10-22-40-42(39)29-28-41-38-19-5-4-14-33(38)26-27-43(40)41/h1-31H. The van der Waals surface area contributed by atoms with Crippen LogP contribution in [0.4, 0.5) is 0 Å². The second-order valence-electron chi connectivity index (χ2n) is 14.0. The van der Waals surface area contributed by atoms with E-state index in [2.05, 4.69) is 152 Å². The van der Waals surface area contributed by atoms with Crippen molar-refractivity contribution in [2.45, 2.75) is 0 Å². The van der Waals surface area contributed by atoms with Gasteiger partial charge in [0.25, 0.3) is 0 Å². The van der Waals surface area contributed by atoms with Crippen LogP contribution in [0.2, 0.25) is 0 Å². The highest BCUT2D eigenvalue weighted by atomic mass is 16.3. The molecule has 0 saturated heterocycles. The number of nitrogens with zero attached hydrogens (tertiary/aromatic N) is 3.